The van der Waals surface area contributed by atoms with Crippen LogP contribution in [0.25, 0.3) is 0 Å². The summed E-state index contributed by atoms with van der Waals surface area (Å²) in [5, 5.41) is 0. The molecular formula is C20H23BrN2O6S. The van der Waals surface area contributed by atoms with Crippen LogP contribution in [0, 0.1) is 0 Å². The van der Waals surface area contributed by atoms with E-state index < -0.39 is 10.0 Å². The van der Waals surface area contributed by atoms with Gasteiger partial charge in [0.2, 0.25) is 15.8 Å². The molecule has 0 spiro atoms. The molecule has 0 atom stereocenters. The van der Waals surface area contributed by atoms with Crippen molar-refractivity contribution in [3.05, 3.63) is 46.4 Å². The molecule has 162 valence electrons. The van der Waals surface area contributed by atoms with Gasteiger partial charge in [0, 0.05) is 36.2 Å². The van der Waals surface area contributed by atoms with E-state index in [4.69, 9.17) is 14.2 Å². The van der Waals surface area contributed by atoms with Crippen LogP contribution in [0.2, 0.25) is 0 Å². The van der Waals surface area contributed by atoms with Crippen molar-refractivity contribution in [2.24, 2.45) is 0 Å². The minimum Gasteiger partial charge on any atom is -0.493 e. The van der Waals surface area contributed by atoms with Crippen LogP contribution in [-0.2, 0) is 10.0 Å². The second-order valence-electron chi connectivity index (χ2n) is 6.54. The van der Waals surface area contributed by atoms with E-state index in [1.807, 2.05) is 0 Å². The normalized spacial score (nSPS) is 15.0. The molecule has 2 aromatic rings. The van der Waals surface area contributed by atoms with E-state index in [1.54, 1.807) is 41.3 Å². The van der Waals surface area contributed by atoms with Crippen molar-refractivity contribution >= 4 is 31.9 Å². The highest BCUT2D eigenvalue weighted by Crippen LogP contribution is 2.38. The van der Waals surface area contributed by atoms with Gasteiger partial charge in [0.25, 0.3) is 5.91 Å². The lowest BCUT2D eigenvalue weighted by Crippen LogP contribution is -2.50. The SMILES string of the molecule is COc1cc(C(=O)N2CCN(S(=O)(=O)c3ccccc3Br)CC2)cc(OC)c1OC. The van der Waals surface area contributed by atoms with Crippen LogP contribution in [0.3, 0.4) is 0 Å². The second-order valence-corrected chi connectivity index (χ2v) is 9.30. The molecule has 0 saturated carbocycles. The molecule has 8 nitrogen and oxygen atoms in total. The smallest absolute Gasteiger partial charge is 0.254 e. The molecule has 0 aromatic heterocycles. The standard InChI is InChI=1S/C20H23BrN2O6S/c1-27-16-12-14(13-17(28-2)19(16)29-3)20(24)22-8-10-23(11-9-22)30(25,26)18-7-5-4-6-15(18)21/h4-7,12-13H,8-11H2,1-3H3. The van der Waals surface area contributed by atoms with Gasteiger partial charge in [-0.2, -0.15) is 4.31 Å². The number of hydrogen-bond acceptors (Lipinski definition) is 6. The highest BCUT2D eigenvalue weighted by molar-refractivity contribution is 9.10. The molecule has 1 heterocycles. The van der Waals surface area contributed by atoms with Crippen LogP contribution >= 0.6 is 15.9 Å². The van der Waals surface area contributed by atoms with Crippen LogP contribution in [-0.4, -0.2) is 71.0 Å². The van der Waals surface area contributed by atoms with E-state index in [0.717, 1.165) is 0 Å². The number of ether oxygens (including phenoxy) is 3. The van der Waals surface area contributed by atoms with Crippen molar-refractivity contribution < 1.29 is 27.4 Å². The van der Waals surface area contributed by atoms with Crippen LogP contribution in [0.5, 0.6) is 17.2 Å². The number of piperazine rings is 1. The number of carbonyl (C=O) groups excluding carboxylic acids is 1. The van der Waals surface area contributed by atoms with Crippen molar-refractivity contribution in [1.82, 2.24) is 9.21 Å². The number of hydrogen-bond donors (Lipinski definition) is 0. The number of amides is 1. The Hall–Kier alpha value is -2.30. The van der Waals surface area contributed by atoms with E-state index in [9.17, 15) is 13.2 Å². The third-order valence-electron chi connectivity index (χ3n) is 4.89. The second kappa shape index (κ2) is 9.23. The summed E-state index contributed by atoms with van der Waals surface area (Å²) in [6, 6.07) is 9.88. The van der Waals surface area contributed by atoms with Gasteiger partial charge in [-0.05, 0) is 40.2 Å². The summed E-state index contributed by atoms with van der Waals surface area (Å²) in [6.45, 7) is 0.970. The quantitative estimate of drug-likeness (QED) is 0.608. The Morgan fingerprint density at radius 3 is 2.00 bits per heavy atom. The van der Waals surface area contributed by atoms with E-state index in [2.05, 4.69) is 15.9 Å². The van der Waals surface area contributed by atoms with E-state index in [0.29, 0.717) is 27.3 Å². The number of nitrogens with zero attached hydrogens (tertiary/aromatic N) is 2. The predicted octanol–water partition coefficient (Wildman–Crippen LogP) is 2.62. The van der Waals surface area contributed by atoms with Gasteiger partial charge in [0.05, 0.1) is 26.2 Å². The predicted molar refractivity (Wildman–Crippen MR) is 115 cm³/mol. The monoisotopic (exact) mass is 498 g/mol. The van der Waals surface area contributed by atoms with Gasteiger partial charge in [0.15, 0.2) is 11.5 Å². The Kier molecular flexibility index (Phi) is 6.89. The lowest BCUT2D eigenvalue weighted by molar-refractivity contribution is 0.0697. The van der Waals surface area contributed by atoms with Crippen molar-refractivity contribution in [2.75, 3.05) is 47.5 Å². The summed E-state index contributed by atoms with van der Waals surface area (Å²) in [6.07, 6.45) is 0. The molecule has 1 aliphatic heterocycles. The Morgan fingerprint density at radius 2 is 1.50 bits per heavy atom. The first-order valence-electron chi connectivity index (χ1n) is 9.17. The summed E-state index contributed by atoms with van der Waals surface area (Å²) >= 11 is 3.30. The minimum absolute atomic E-state index is 0.208. The zero-order chi connectivity index (χ0) is 21.9. The molecule has 0 N–H and O–H groups in total. The molecule has 0 radical (unpaired) electrons. The van der Waals surface area contributed by atoms with Gasteiger partial charge in [0.1, 0.15) is 0 Å². The van der Waals surface area contributed by atoms with Gasteiger partial charge < -0.3 is 19.1 Å². The summed E-state index contributed by atoms with van der Waals surface area (Å²) in [5.41, 5.74) is 0.381. The first kappa shape index (κ1) is 22.4. The molecule has 1 fully saturated rings. The fourth-order valence-corrected chi connectivity index (χ4v) is 5.70. The first-order valence-corrected chi connectivity index (χ1v) is 11.4. The molecule has 2 aromatic carbocycles. The molecule has 1 amide bonds. The van der Waals surface area contributed by atoms with Crippen LogP contribution in [0.1, 0.15) is 10.4 Å². The van der Waals surface area contributed by atoms with E-state index >= 15 is 0 Å². The molecule has 0 bridgehead atoms. The number of rotatable bonds is 6. The van der Waals surface area contributed by atoms with Gasteiger partial charge in [-0.1, -0.05) is 12.1 Å². The minimum atomic E-state index is -3.64. The highest BCUT2D eigenvalue weighted by Gasteiger charge is 2.32. The molecule has 10 heteroatoms. The maximum absolute atomic E-state index is 13.0. The summed E-state index contributed by atoms with van der Waals surface area (Å²) in [4.78, 5) is 14.8. The Balaban J connectivity index is 1.77. The van der Waals surface area contributed by atoms with Crippen molar-refractivity contribution in [3.8, 4) is 17.2 Å². The van der Waals surface area contributed by atoms with Gasteiger partial charge in [-0.25, -0.2) is 8.42 Å². The third-order valence-corrected chi connectivity index (χ3v) is 7.80. The highest BCUT2D eigenvalue weighted by atomic mass is 79.9. The Bertz CT molecular complexity index is 1010. The van der Waals surface area contributed by atoms with E-state index in [1.165, 1.54) is 25.6 Å². The number of sulfonamides is 1. The number of halogens is 1. The van der Waals surface area contributed by atoms with Gasteiger partial charge >= 0.3 is 0 Å². The lowest BCUT2D eigenvalue weighted by atomic mass is 10.1. The van der Waals surface area contributed by atoms with Crippen molar-refractivity contribution in [2.45, 2.75) is 4.90 Å². The molecular weight excluding hydrogens is 476 g/mol. The molecule has 0 aliphatic carbocycles. The van der Waals surface area contributed by atoms with Gasteiger partial charge in [-0.15, -0.1) is 0 Å². The maximum atomic E-state index is 13.0. The fourth-order valence-electron chi connectivity index (χ4n) is 3.31. The van der Waals surface area contributed by atoms with Crippen LogP contribution < -0.4 is 14.2 Å². The van der Waals surface area contributed by atoms with Gasteiger partial charge in [-0.3, -0.25) is 4.79 Å². The largest absolute Gasteiger partial charge is 0.493 e. The Labute approximate surface area is 184 Å². The van der Waals surface area contributed by atoms with Crippen molar-refractivity contribution in [1.29, 1.82) is 0 Å². The zero-order valence-corrected chi connectivity index (χ0v) is 19.3. The topological polar surface area (TPSA) is 85.4 Å². The van der Waals surface area contributed by atoms with Crippen LogP contribution in [0.4, 0.5) is 0 Å². The number of methoxy groups -OCH3 is 3. The maximum Gasteiger partial charge on any atom is 0.254 e. The van der Waals surface area contributed by atoms with Crippen LogP contribution in [0.15, 0.2) is 45.8 Å². The summed E-state index contributed by atoms with van der Waals surface area (Å²) < 4.78 is 43.7. The molecule has 3 rings (SSSR count). The number of benzene rings is 2. The van der Waals surface area contributed by atoms with Crippen molar-refractivity contribution in [3.63, 3.8) is 0 Å². The number of carbonyl (C=O) groups is 1. The Morgan fingerprint density at radius 1 is 0.933 bits per heavy atom. The average molecular weight is 499 g/mol. The molecule has 30 heavy (non-hydrogen) atoms. The first-order chi connectivity index (χ1) is 14.3. The third kappa shape index (κ3) is 4.26. The molecule has 1 saturated heterocycles. The molecule has 1 aliphatic rings. The molecule has 0 unspecified atom stereocenters. The fraction of sp³-hybridized carbons (Fsp3) is 0.350. The van der Waals surface area contributed by atoms with E-state index in [-0.39, 0.29) is 37.0 Å². The average Bonchev–Trinajstić information content (AvgIpc) is 2.77. The summed E-state index contributed by atoms with van der Waals surface area (Å²) in [5.74, 6) is 0.943. The zero-order valence-electron chi connectivity index (χ0n) is 16.9. The summed E-state index contributed by atoms with van der Waals surface area (Å²) in [7, 11) is 0.814. The lowest BCUT2D eigenvalue weighted by Gasteiger charge is -2.34.